The Morgan fingerprint density at radius 3 is 2.38 bits per heavy atom. The van der Waals surface area contributed by atoms with Gasteiger partial charge in [0.2, 0.25) is 5.82 Å². The molecular formula is C13H15FN2O5. The van der Waals surface area contributed by atoms with Gasteiger partial charge in [-0.25, -0.2) is 0 Å². The van der Waals surface area contributed by atoms with E-state index in [1.165, 1.54) is 25.2 Å². The van der Waals surface area contributed by atoms with E-state index in [1.54, 1.807) is 0 Å². The van der Waals surface area contributed by atoms with Gasteiger partial charge < -0.3 is 14.4 Å². The highest BCUT2D eigenvalue weighted by Crippen LogP contribution is 2.22. The summed E-state index contributed by atoms with van der Waals surface area (Å²) in [7, 11) is 3.04. The first kappa shape index (κ1) is 15.3. The first-order valence-corrected chi connectivity index (χ1v) is 6.26. The molecule has 1 amide bonds. The highest BCUT2D eigenvalue weighted by molar-refractivity contribution is 5.95. The van der Waals surface area contributed by atoms with Gasteiger partial charge >= 0.3 is 5.69 Å². The van der Waals surface area contributed by atoms with E-state index in [2.05, 4.69) is 0 Å². The third-order valence-electron chi connectivity index (χ3n) is 3.50. The molecule has 1 aromatic carbocycles. The molecule has 0 bridgehead atoms. The molecule has 21 heavy (non-hydrogen) atoms. The van der Waals surface area contributed by atoms with Crippen molar-refractivity contribution in [1.29, 1.82) is 0 Å². The van der Waals surface area contributed by atoms with Crippen LogP contribution in [0.25, 0.3) is 0 Å². The Morgan fingerprint density at radius 2 is 1.90 bits per heavy atom. The van der Waals surface area contributed by atoms with Crippen molar-refractivity contribution in [3.8, 4) is 0 Å². The van der Waals surface area contributed by atoms with Crippen LogP contribution in [0.5, 0.6) is 0 Å². The van der Waals surface area contributed by atoms with E-state index in [0.29, 0.717) is 13.1 Å². The topological polar surface area (TPSA) is 81.9 Å². The normalized spacial score (nSPS) is 21.6. The number of carbonyl (C=O) groups excluding carboxylic acids is 1. The summed E-state index contributed by atoms with van der Waals surface area (Å²) in [5.41, 5.74) is -0.652. The van der Waals surface area contributed by atoms with Gasteiger partial charge in [-0.2, -0.15) is 4.39 Å². The molecule has 2 unspecified atom stereocenters. The van der Waals surface area contributed by atoms with Crippen molar-refractivity contribution in [3.05, 3.63) is 39.7 Å². The summed E-state index contributed by atoms with van der Waals surface area (Å²) in [6.45, 7) is 0.637. The Bertz CT molecular complexity index is 553. The van der Waals surface area contributed by atoms with Crippen LogP contribution in [0.15, 0.2) is 18.2 Å². The number of methoxy groups -OCH3 is 2. The third-order valence-corrected chi connectivity index (χ3v) is 3.50. The lowest BCUT2D eigenvalue weighted by Crippen LogP contribution is -2.30. The fourth-order valence-electron chi connectivity index (χ4n) is 2.33. The highest BCUT2D eigenvalue weighted by atomic mass is 19.1. The van der Waals surface area contributed by atoms with Crippen LogP contribution < -0.4 is 0 Å². The number of hydrogen-bond acceptors (Lipinski definition) is 5. The van der Waals surface area contributed by atoms with E-state index >= 15 is 0 Å². The van der Waals surface area contributed by atoms with Gasteiger partial charge in [-0.15, -0.1) is 0 Å². The van der Waals surface area contributed by atoms with Gasteiger partial charge in [-0.05, 0) is 12.1 Å². The molecule has 0 spiro atoms. The number of hydrogen-bond donors (Lipinski definition) is 0. The van der Waals surface area contributed by atoms with Crippen molar-refractivity contribution in [1.82, 2.24) is 4.90 Å². The number of amides is 1. The maximum absolute atomic E-state index is 13.3. The van der Waals surface area contributed by atoms with Gasteiger partial charge in [0.05, 0.1) is 4.92 Å². The largest absolute Gasteiger partial charge is 0.377 e. The number of carbonyl (C=O) groups is 1. The molecule has 1 aromatic rings. The van der Waals surface area contributed by atoms with Crippen LogP contribution in [0.4, 0.5) is 10.1 Å². The van der Waals surface area contributed by atoms with E-state index in [-0.39, 0.29) is 17.8 Å². The van der Waals surface area contributed by atoms with Crippen molar-refractivity contribution in [2.24, 2.45) is 0 Å². The minimum atomic E-state index is -0.970. The molecular weight excluding hydrogens is 283 g/mol. The zero-order chi connectivity index (χ0) is 15.6. The van der Waals surface area contributed by atoms with Gasteiger partial charge in [0, 0.05) is 38.9 Å². The molecule has 0 aromatic heterocycles. The summed E-state index contributed by atoms with van der Waals surface area (Å²) >= 11 is 0. The second-order valence-corrected chi connectivity index (χ2v) is 4.68. The molecule has 114 valence electrons. The standard InChI is InChI=1S/C13H15FN2O5/c1-20-11-6-15(7-12(11)21-2)13(17)8-3-4-9(14)10(5-8)16(18)19/h3-5,11-12H,6-7H2,1-2H3. The van der Waals surface area contributed by atoms with Crippen LogP contribution >= 0.6 is 0 Å². The SMILES string of the molecule is COC1CN(C(=O)c2ccc(F)c([N+](=O)[O-])c2)CC1OC. The number of nitrogens with zero attached hydrogens (tertiary/aromatic N) is 2. The molecule has 2 atom stereocenters. The van der Waals surface area contributed by atoms with Gasteiger partial charge in [0.1, 0.15) is 12.2 Å². The summed E-state index contributed by atoms with van der Waals surface area (Å²) in [6.07, 6.45) is -0.510. The molecule has 1 saturated heterocycles. The average molecular weight is 298 g/mol. The summed E-state index contributed by atoms with van der Waals surface area (Å²) in [5, 5.41) is 10.7. The van der Waals surface area contributed by atoms with Crippen molar-refractivity contribution < 1.29 is 23.6 Å². The number of likely N-dealkylation sites (tertiary alicyclic amines) is 1. The molecule has 0 saturated carbocycles. The molecule has 1 fully saturated rings. The van der Waals surface area contributed by atoms with E-state index in [9.17, 15) is 19.3 Å². The molecule has 1 aliphatic rings. The monoisotopic (exact) mass is 298 g/mol. The second-order valence-electron chi connectivity index (χ2n) is 4.68. The lowest BCUT2D eigenvalue weighted by atomic mass is 10.1. The Labute approximate surface area is 120 Å². The van der Waals surface area contributed by atoms with Crippen LogP contribution in [-0.4, -0.2) is 55.2 Å². The number of halogens is 1. The van der Waals surface area contributed by atoms with Crippen molar-refractivity contribution in [2.45, 2.75) is 12.2 Å². The molecule has 0 N–H and O–H groups in total. The predicted octanol–water partition coefficient (Wildman–Crippen LogP) is 1.22. The molecule has 8 heteroatoms. The summed E-state index contributed by atoms with van der Waals surface area (Å²) in [5.74, 6) is -1.39. The zero-order valence-corrected chi connectivity index (χ0v) is 11.6. The van der Waals surface area contributed by atoms with Crippen molar-refractivity contribution >= 4 is 11.6 Å². The Balaban J connectivity index is 2.21. The number of benzene rings is 1. The predicted molar refractivity (Wildman–Crippen MR) is 70.6 cm³/mol. The Morgan fingerprint density at radius 1 is 1.33 bits per heavy atom. The number of rotatable bonds is 4. The van der Waals surface area contributed by atoms with E-state index in [4.69, 9.17) is 9.47 Å². The molecule has 7 nitrogen and oxygen atoms in total. The lowest BCUT2D eigenvalue weighted by molar-refractivity contribution is -0.387. The molecule has 2 rings (SSSR count). The van der Waals surface area contributed by atoms with Crippen molar-refractivity contribution in [2.75, 3.05) is 27.3 Å². The Hall–Kier alpha value is -2.06. The summed E-state index contributed by atoms with van der Waals surface area (Å²) < 4.78 is 23.7. The van der Waals surface area contributed by atoms with Gasteiger partial charge in [0.15, 0.2) is 0 Å². The quantitative estimate of drug-likeness (QED) is 0.616. The minimum Gasteiger partial charge on any atom is -0.377 e. The van der Waals surface area contributed by atoms with Crippen LogP contribution in [0.3, 0.4) is 0 Å². The maximum Gasteiger partial charge on any atom is 0.305 e. The minimum absolute atomic E-state index is 0.0645. The van der Waals surface area contributed by atoms with Crippen LogP contribution in [0, 0.1) is 15.9 Å². The van der Waals surface area contributed by atoms with Crippen molar-refractivity contribution in [3.63, 3.8) is 0 Å². The summed E-state index contributed by atoms with van der Waals surface area (Å²) in [4.78, 5) is 23.7. The molecule has 1 heterocycles. The molecule has 0 aliphatic carbocycles. The molecule has 0 radical (unpaired) electrons. The second kappa shape index (κ2) is 6.15. The van der Waals surface area contributed by atoms with Gasteiger partial charge in [0.25, 0.3) is 5.91 Å². The van der Waals surface area contributed by atoms with Gasteiger partial charge in [-0.1, -0.05) is 0 Å². The number of nitro benzene ring substituents is 1. The van der Waals surface area contributed by atoms with Crippen LogP contribution in [-0.2, 0) is 9.47 Å². The first-order valence-electron chi connectivity index (χ1n) is 6.26. The fourth-order valence-corrected chi connectivity index (χ4v) is 2.33. The van der Waals surface area contributed by atoms with E-state index < -0.39 is 22.3 Å². The third kappa shape index (κ3) is 3.01. The smallest absolute Gasteiger partial charge is 0.305 e. The zero-order valence-electron chi connectivity index (χ0n) is 11.6. The summed E-state index contributed by atoms with van der Waals surface area (Å²) in [6, 6.07) is 3.09. The highest BCUT2D eigenvalue weighted by Gasteiger charge is 2.36. The number of ether oxygens (including phenoxy) is 2. The maximum atomic E-state index is 13.3. The number of nitro groups is 1. The molecule has 1 aliphatic heterocycles. The van der Waals surface area contributed by atoms with Gasteiger partial charge in [-0.3, -0.25) is 14.9 Å². The lowest BCUT2D eigenvalue weighted by Gasteiger charge is -2.15. The fraction of sp³-hybridized carbons (Fsp3) is 0.462. The first-order chi connectivity index (χ1) is 9.97. The van der Waals surface area contributed by atoms with E-state index in [0.717, 1.165) is 12.1 Å². The average Bonchev–Trinajstić information content (AvgIpc) is 2.90. The van der Waals surface area contributed by atoms with E-state index in [1.807, 2.05) is 0 Å². The Kier molecular flexibility index (Phi) is 4.49. The van der Waals surface area contributed by atoms with Crippen LogP contribution in [0.2, 0.25) is 0 Å². The van der Waals surface area contributed by atoms with Crippen LogP contribution in [0.1, 0.15) is 10.4 Å².